The van der Waals surface area contributed by atoms with Crippen LogP contribution in [-0.4, -0.2) is 40.3 Å². The first-order valence-corrected chi connectivity index (χ1v) is 9.61. The van der Waals surface area contributed by atoms with Gasteiger partial charge in [-0.25, -0.2) is 0 Å². The summed E-state index contributed by atoms with van der Waals surface area (Å²) in [7, 11) is 4.98. The minimum absolute atomic E-state index is 0.0367. The summed E-state index contributed by atoms with van der Waals surface area (Å²) >= 11 is 0. The van der Waals surface area contributed by atoms with Crippen LogP contribution in [0.2, 0.25) is 0 Å². The lowest BCUT2D eigenvalue weighted by atomic mass is 10.0. The van der Waals surface area contributed by atoms with Crippen LogP contribution in [0.15, 0.2) is 42.5 Å². The van der Waals surface area contributed by atoms with Gasteiger partial charge < -0.3 is 24.4 Å². The molecule has 1 fully saturated rings. The molecule has 0 aliphatic carbocycles. The van der Waals surface area contributed by atoms with E-state index in [0.717, 1.165) is 47.8 Å². The Kier molecular flexibility index (Phi) is 6.76. The third-order valence-electron chi connectivity index (χ3n) is 5.35. The molecule has 2 N–H and O–H groups in total. The quantitative estimate of drug-likeness (QED) is 0.727. The molecule has 150 valence electrons. The van der Waals surface area contributed by atoms with Crippen LogP contribution in [0, 0.1) is 0 Å². The minimum Gasteiger partial charge on any atom is -0.497 e. The van der Waals surface area contributed by atoms with Gasteiger partial charge in [0.15, 0.2) is 6.54 Å². The second kappa shape index (κ2) is 9.46. The van der Waals surface area contributed by atoms with E-state index in [0.29, 0.717) is 13.1 Å². The predicted molar refractivity (Wildman–Crippen MR) is 107 cm³/mol. The number of carbonyl (C=O) groups is 1. The Labute approximate surface area is 166 Å². The lowest BCUT2D eigenvalue weighted by molar-refractivity contribution is -0.910. The number of hydrogen-bond donors (Lipinski definition) is 2. The first kappa shape index (κ1) is 20.0. The predicted octanol–water partition coefficient (Wildman–Crippen LogP) is 1.75. The number of rotatable bonds is 8. The Balaban J connectivity index is 1.66. The van der Waals surface area contributed by atoms with E-state index >= 15 is 0 Å². The molecule has 2 aromatic rings. The van der Waals surface area contributed by atoms with E-state index in [1.807, 2.05) is 42.5 Å². The van der Waals surface area contributed by atoms with Crippen molar-refractivity contribution in [2.75, 3.05) is 34.4 Å². The molecule has 0 saturated carbocycles. The molecule has 1 unspecified atom stereocenters. The first-order valence-electron chi connectivity index (χ1n) is 9.61. The zero-order chi connectivity index (χ0) is 19.9. The number of benzene rings is 2. The number of likely N-dealkylation sites (tertiary alicyclic amines) is 1. The number of amides is 1. The number of ether oxygens (including phenoxy) is 3. The summed E-state index contributed by atoms with van der Waals surface area (Å²) in [5, 5.41) is 3.03. The van der Waals surface area contributed by atoms with E-state index in [9.17, 15) is 4.79 Å². The van der Waals surface area contributed by atoms with E-state index in [2.05, 4.69) is 5.32 Å². The second-order valence-electron chi connectivity index (χ2n) is 6.98. The summed E-state index contributed by atoms with van der Waals surface area (Å²) < 4.78 is 16.3. The second-order valence-corrected chi connectivity index (χ2v) is 6.98. The van der Waals surface area contributed by atoms with Crippen LogP contribution >= 0.6 is 0 Å². The number of nitrogens with one attached hydrogen (secondary N) is 2. The van der Waals surface area contributed by atoms with Gasteiger partial charge in [0.2, 0.25) is 0 Å². The average molecular weight is 385 g/mol. The highest BCUT2D eigenvalue weighted by atomic mass is 16.5. The number of quaternary nitrogens is 1. The maximum Gasteiger partial charge on any atom is 0.275 e. The van der Waals surface area contributed by atoms with Gasteiger partial charge in [0, 0.05) is 24.9 Å². The van der Waals surface area contributed by atoms with Gasteiger partial charge in [-0.1, -0.05) is 18.2 Å². The highest BCUT2D eigenvalue weighted by Gasteiger charge is 2.33. The van der Waals surface area contributed by atoms with Crippen molar-refractivity contribution >= 4 is 5.91 Å². The third kappa shape index (κ3) is 4.57. The summed E-state index contributed by atoms with van der Waals surface area (Å²) in [6, 6.07) is 13.8. The van der Waals surface area contributed by atoms with Gasteiger partial charge in [-0.15, -0.1) is 0 Å². The molecule has 1 aliphatic rings. The first-order chi connectivity index (χ1) is 13.7. The molecule has 2 atom stereocenters. The Hall–Kier alpha value is -2.73. The van der Waals surface area contributed by atoms with Gasteiger partial charge in [0.1, 0.15) is 23.3 Å². The van der Waals surface area contributed by atoms with Crippen LogP contribution in [-0.2, 0) is 11.3 Å². The third-order valence-corrected chi connectivity index (χ3v) is 5.35. The molecule has 6 heteroatoms. The molecule has 0 bridgehead atoms. The number of methoxy groups -OCH3 is 3. The van der Waals surface area contributed by atoms with Gasteiger partial charge in [0.05, 0.1) is 33.4 Å². The molecule has 0 spiro atoms. The largest absolute Gasteiger partial charge is 0.497 e. The lowest BCUT2D eigenvalue weighted by Crippen LogP contribution is -3.11. The molecular weight excluding hydrogens is 356 g/mol. The van der Waals surface area contributed by atoms with Gasteiger partial charge >= 0.3 is 0 Å². The molecule has 28 heavy (non-hydrogen) atoms. The fourth-order valence-corrected chi connectivity index (χ4v) is 3.92. The fourth-order valence-electron chi connectivity index (χ4n) is 3.92. The molecule has 1 amide bonds. The van der Waals surface area contributed by atoms with Crippen LogP contribution in [0.3, 0.4) is 0 Å². The topological polar surface area (TPSA) is 61.2 Å². The maximum absolute atomic E-state index is 12.6. The zero-order valence-corrected chi connectivity index (χ0v) is 16.8. The van der Waals surface area contributed by atoms with Crippen LogP contribution in [0.4, 0.5) is 0 Å². The number of para-hydroxylation sites is 1. The number of hydrogen-bond acceptors (Lipinski definition) is 4. The summed E-state index contributed by atoms with van der Waals surface area (Å²) in [5.41, 5.74) is 2.08. The SMILES string of the molecule is COc1ccc(OC)c([C@@H]2CCC[NH+]2CC(=O)NCc2ccccc2OC)c1. The normalized spacial score (nSPS) is 18.5. The van der Waals surface area contributed by atoms with Crippen molar-refractivity contribution in [3.63, 3.8) is 0 Å². The number of carbonyl (C=O) groups excluding carboxylic acids is 1. The van der Waals surface area contributed by atoms with Crippen LogP contribution in [0.1, 0.15) is 30.0 Å². The van der Waals surface area contributed by atoms with Gasteiger partial charge in [-0.3, -0.25) is 4.79 Å². The average Bonchev–Trinajstić information content (AvgIpc) is 3.19. The van der Waals surface area contributed by atoms with Crippen molar-refractivity contribution in [1.82, 2.24) is 5.32 Å². The minimum atomic E-state index is 0.0367. The molecule has 2 aromatic carbocycles. The lowest BCUT2D eigenvalue weighted by Gasteiger charge is -2.23. The zero-order valence-electron chi connectivity index (χ0n) is 16.8. The van der Waals surface area contributed by atoms with Gasteiger partial charge in [0.25, 0.3) is 5.91 Å². The summed E-state index contributed by atoms with van der Waals surface area (Å²) in [6.45, 7) is 1.86. The Bertz CT molecular complexity index is 809. The Morgan fingerprint density at radius 2 is 1.86 bits per heavy atom. The monoisotopic (exact) mass is 385 g/mol. The van der Waals surface area contributed by atoms with Gasteiger partial charge in [-0.2, -0.15) is 0 Å². The van der Waals surface area contributed by atoms with E-state index in [1.165, 1.54) is 4.90 Å². The summed E-state index contributed by atoms with van der Waals surface area (Å²) in [6.07, 6.45) is 2.11. The highest BCUT2D eigenvalue weighted by molar-refractivity contribution is 5.77. The van der Waals surface area contributed by atoms with E-state index in [4.69, 9.17) is 14.2 Å². The summed E-state index contributed by atoms with van der Waals surface area (Å²) in [5.74, 6) is 2.48. The van der Waals surface area contributed by atoms with Crippen molar-refractivity contribution in [3.05, 3.63) is 53.6 Å². The Morgan fingerprint density at radius 1 is 1.07 bits per heavy atom. The van der Waals surface area contributed by atoms with Crippen molar-refractivity contribution in [2.45, 2.75) is 25.4 Å². The molecule has 6 nitrogen and oxygen atoms in total. The molecule has 1 aliphatic heterocycles. The molecule has 3 rings (SSSR count). The van der Waals surface area contributed by atoms with Gasteiger partial charge in [-0.05, 0) is 24.3 Å². The van der Waals surface area contributed by atoms with Crippen molar-refractivity contribution in [2.24, 2.45) is 0 Å². The van der Waals surface area contributed by atoms with Crippen molar-refractivity contribution in [1.29, 1.82) is 0 Å². The molecule has 0 aromatic heterocycles. The van der Waals surface area contributed by atoms with E-state index < -0.39 is 0 Å². The Morgan fingerprint density at radius 3 is 2.61 bits per heavy atom. The molecule has 1 saturated heterocycles. The van der Waals surface area contributed by atoms with Crippen LogP contribution in [0.25, 0.3) is 0 Å². The van der Waals surface area contributed by atoms with E-state index in [-0.39, 0.29) is 11.9 Å². The standard InChI is InChI=1S/C22H28N2O4/c1-26-17-10-11-21(28-3)18(13-17)19-8-6-12-24(19)15-22(25)23-14-16-7-4-5-9-20(16)27-2/h4-5,7,9-11,13,19H,6,8,12,14-15H2,1-3H3,(H,23,25)/p+1/t19-/m0/s1. The van der Waals surface area contributed by atoms with E-state index in [1.54, 1.807) is 21.3 Å². The van der Waals surface area contributed by atoms with Crippen LogP contribution in [0.5, 0.6) is 17.2 Å². The smallest absolute Gasteiger partial charge is 0.275 e. The van der Waals surface area contributed by atoms with Crippen molar-refractivity contribution < 1.29 is 23.9 Å². The van der Waals surface area contributed by atoms with Crippen molar-refractivity contribution in [3.8, 4) is 17.2 Å². The fraction of sp³-hybridized carbons (Fsp3) is 0.409. The van der Waals surface area contributed by atoms with Crippen LogP contribution < -0.4 is 24.4 Å². The molecule has 0 radical (unpaired) electrons. The summed E-state index contributed by atoms with van der Waals surface area (Å²) in [4.78, 5) is 13.9. The highest BCUT2D eigenvalue weighted by Crippen LogP contribution is 2.31. The molecule has 1 heterocycles. The molecular formula is C22H29N2O4+. The maximum atomic E-state index is 12.6.